The molecule has 3 rings (SSSR count). The second kappa shape index (κ2) is 4.01. The van der Waals surface area contributed by atoms with Gasteiger partial charge in [-0.2, -0.15) is 0 Å². The molecule has 1 aromatic rings. The van der Waals surface area contributed by atoms with Gasteiger partial charge in [0, 0.05) is 12.2 Å². The molecule has 1 amide bonds. The first kappa shape index (κ1) is 11.6. The Balaban J connectivity index is 2.02. The van der Waals surface area contributed by atoms with Gasteiger partial charge in [0.1, 0.15) is 6.04 Å². The number of benzene rings is 1. The number of carbonyl (C=O) groups is 1. The Kier molecular flexibility index (Phi) is 2.58. The molecule has 1 aliphatic carbocycles. The molecule has 0 saturated heterocycles. The van der Waals surface area contributed by atoms with Crippen LogP contribution in [0.25, 0.3) is 0 Å². The van der Waals surface area contributed by atoms with Crippen molar-refractivity contribution in [3.63, 3.8) is 0 Å². The van der Waals surface area contributed by atoms with Gasteiger partial charge >= 0.3 is 0 Å². The number of hydrogen-bond donors (Lipinski definition) is 1. The molecule has 96 valence electrons. The minimum absolute atomic E-state index is 0.219. The van der Waals surface area contributed by atoms with Gasteiger partial charge < -0.3 is 10.6 Å². The molecule has 1 spiro atoms. The Bertz CT molecular complexity index is 479. The van der Waals surface area contributed by atoms with Gasteiger partial charge in [0.05, 0.1) is 0 Å². The average Bonchev–Trinajstić information content (AvgIpc) is 2.34. The highest BCUT2D eigenvalue weighted by Crippen LogP contribution is 2.52. The zero-order valence-electron chi connectivity index (χ0n) is 10.9. The van der Waals surface area contributed by atoms with Gasteiger partial charge in [-0.3, -0.25) is 4.79 Å². The summed E-state index contributed by atoms with van der Waals surface area (Å²) in [7, 11) is 0. The number of primary amides is 1. The predicted molar refractivity (Wildman–Crippen MR) is 72.6 cm³/mol. The summed E-state index contributed by atoms with van der Waals surface area (Å²) < 4.78 is 0. The van der Waals surface area contributed by atoms with E-state index in [1.165, 1.54) is 30.5 Å². The van der Waals surface area contributed by atoms with Crippen molar-refractivity contribution >= 4 is 11.6 Å². The maximum absolute atomic E-state index is 11.4. The Hall–Kier alpha value is -1.51. The maximum Gasteiger partial charge on any atom is 0.239 e. The highest BCUT2D eigenvalue weighted by molar-refractivity contribution is 5.84. The molecular weight excluding hydrogens is 224 g/mol. The fraction of sp³-hybridized carbons (Fsp3) is 0.533. The third-order valence-corrected chi connectivity index (χ3v) is 4.81. The van der Waals surface area contributed by atoms with E-state index in [0.717, 1.165) is 13.0 Å². The van der Waals surface area contributed by atoms with E-state index in [-0.39, 0.29) is 11.9 Å². The van der Waals surface area contributed by atoms with Crippen molar-refractivity contribution < 1.29 is 4.79 Å². The van der Waals surface area contributed by atoms with Crippen LogP contribution in [0.5, 0.6) is 0 Å². The van der Waals surface area contributed by atoms with Gasteiger partial charge in [0.25, 0.3) is 0 Å². The third kappa shape index (κ3) is 1.53. The van der Waals surface area contributed by atoms with Crippen molar-refractivity contribution in [3.05, 3.63) is 29.8 Å². The van der Waals surface area contributed by atoms with E-state index in [4.69, 9.17) is 5.73 Å². The highest BCUT2D eigenvalue weighted by Gasteiger charge is 2.44. The number of amides is 1. The minimum atomic E-state index is -0.241. The standard InChI is InChI=1S/C15H20N2O/c1-11(14(16)18)17-10-9-15(7-4-8-15)12-5-2-3-6-13(12)17/h2-3,5-6,11H,4,7-10H2,1H3,(H2,16,18)/t11-/m1/s1. The lowest BCUT2D eigenvalue weighted by molar-refractivity contribution is -0.119. The lowest BCUT2D eigenvalue weighted by Crippen LogP contribution is -2.50. The van der Waals surface area contributed by atoms with Crippen LogP contribution in [-0.4, -0.2) is 18.5 Å². The van der Waals surface area contributed by atoms with Gasteiger partial charge in [0.15, 0.2) is 0 Å². The summed E-state index contributed by atoms with van der Waals surface area (Å²) in [5.74, 6) is -0.241. The molecule has 18 heavy (non-hydrogen) atoms. The van der Waals surface area contributed by atoms with E-state index in [0.29, 0.717) is 5.41 Å². The summed E-state index contributed by atoms with van der Waals surface area (Å²) in [6.07, 6.45) is 5.08. The number of nitrogens with zero attached hydrogens (tertiary/aromatic N) is 1. The molecule has 1 heterocycles. The summed E-state index contributed by atoms with van der Waals surface area (Å²) in [6.45, 7) is 2.85. The quantitative estimate of drug-likeness (QED) is 0.867. The number of para-hydroxylation sites is 1. The molecule has 1 aliphatic heterocycles. The molecule has 3 heteroatoms. The SMILES string of the molecule is C[C@H](C(N)=O)N1CCC2(CCC2)c2ccccc21. The molecule has 0 unspecified atom stereocenters. The summed E-state index contributed by atoms with van der Waals surface area (Å²) >= 11 is 0. The summed E-state index contributed by atoms with van der Waals surface area (Å²) in [5.41, 5.74) is 8.49. The fourth-order valence-corrected chi connectivity index (χ4v) is 3.44. The highest BCUT2D eigenvalue weighted by atomic mass is 16.1. The van der Waals surface area contributed by atoms with Crippen molar-refractivity contribution in [2.45, 2.75) is 44.1 Å². The average molecular weight is 244 g/mol. The van der Waals surface area contributed by atoms with Crippen LogP contribution in [-0.2, 0) is 10.2 Å². The fourth-order valence-electron chi connectivity index (χ4n) is 3.44. The lowest BCUT2D eigenvalue weighted by Gasteiger charge is -2.50. The van der Waals surface area contributed by atoms with Gasteiger partial charge in [-0.15, -0.1) is 0 Å². The number of nitrogens with two attached hydrogens (primary N) is 1. The molecule has 1 aromatic carbocycles. The Labute approximate surface area is 108 Å². The number of anilines is 1. The van der Waals surface area contributed by atoms with Crippen LogP contribution in [0.3, 0.4) is 0 Å². The predicted octanol–water partition coefficient (Wildman–Crippen LogP) is 2.19. The normalized spacial score (nSPS) is 22.2. The van der Waals surface area contributed by atoms with Gasteiger partial charge in [0.2, 0.25) is 5.91 Å². The first-order valence-electron chi connectivity index (χ1n) is 6.79. The molecule has 0 radical (unpaired) electrons. The molecule has 2 aliphatic rings. The van der Waals surface area contributed by atoms with Crippen molar-refractivity contribution in [3.8, 4) is 0 Å². The van der Waals surface area contributed by atoms with E-state index in [1.807, 2.05) is 6.92 Å². The molecule has 3 nitrogen and oxygen atoms in total. The second-order valence-electron chi connectivity index (χ2n) is 5.67. The zero-order valence-corrected chi connectivity index (χ0v) is 10.9. The molecule has 0 aromatic heterocycles. The monoisotopic (exact) mass is 244 g/mol. The molecule has 0 bridgehead atoms. The minimum Gasteiger partial charge on any atom is -0.368 e. The summed E-state index contributed by atoms with van der Waals surface area (Å²) in [4.78, 5) is 13.6. The van der Waals surface area contributed by atoms with Gasteiger partial charge in [-0.1, -0.05) is 24.6 Å². The molecular formula is C15H20N2O. The van der Waals surface area contributed by atoms with Crippen LogP contribution in [0.2, 0.25) is 0 Å². The topological polar surface area (TPSA) is 46.3 Å². The molecule has 1 fully saturated rings. The van der Waals surface area contributed by atoms with Gasteiger partial charge in [-0.05, 0) is 43.2 Å². The summed E-state index contributed by atoms with van der Waals surface area (Å²) in [6, 6.07) is 8.31. The number of rotatable bonds is 2. The molecule has 1 saturated carbocycles. The van der Waals surface area contributed by atoms with E-state index >= 15 is 0 Å². The molecule has 1 atom stereocenters. The van der Waals surface area contributed by atoms with Gasteiger partial charge in [-0.25, -0.2) is 0 Å². The third-order valence-electron chi connectivity index (χ3n) is 4.81. The Morgan fingerprint density at radius 2 is 2.06 bits per heavy atom. The number of carbonyl (C=O) groups excluding carboxylic acids is 1. The number of fused-ring (bicyclic) bond motifs is 2. The first-order chi connectivity index (χ1) is 8.64. The Morgan fingerprint density at radius 1 is 1.33 bits per heavy atom. The maximum atomic E-state index is 11.4. The first-order valence-corrected chi connectivity index (χ1v) is 6.79. The van der Waals surface area contributed by atoms with Crippen molar-refractivity contribution in [2.24, 2.45) is 5.73 Å². The van der Waals surface area contributed by atoms with Crippen LogP contribution in [0.4, 0.5) is 5.69 Å². The number of hydrogen-bond acceptors (Lipinski definition) is 2. The van der Waals surface area contributed by atoms with E-state index < -0.39 is 0 Å². The Morgan fingerprint density at radius 3 is 2.67 bits per heavy atom. The second-order valence-corrected chi connectivity index (χ2v) is 5.67. The van der Waals surface area contributed by atoms with Crippen LogP contribution in [0.15, 0.2) is 24.3 Å². The molecule has 2 N–H and O–H groups in total. The summed E-state index contributed by atoms with van der Waals surface area (Å²) in [5, 5.41) is 0. The van der Waals surface area contributed by atoms with E-state index in [2.05, 4.69) is 29.2 Å². The van der Waals surface area contributed by atoms with Crippen LogP contribution in [0.1, 0.15) is 38.2 Å². The van der Waals surface area contributed by atoms with E-state index in [9.17, 15) is 4.79 Å². The zero-order chi connectivity index (χ0) is 12.8. The largest absolute Gasteiger partial charge is 0.368 e. The van der Waals surface area contributed by atoms with E-state index in [1.54, 1.807) is 0 Å². The van der Waals surface area contributed by atoms with Crippen LogP contribution < -0.4 is 10.6 Å². The van der Waals surface area contributed by atoms with Crippen LogP contribution >= 0.6 is 0 Å². The van der Waals surface area contributed by atoms with Crippen LogP contribution in [0, 0.1) is 0 Å². The van der Waals surface area contributed by atoms with Crippen molar-refractivity contribution in [1.29, 1.82) is 0 Å². The lowest BCUT2D eigenvalue weighted by atomic mass is 9.60. The van der Waals surface area contributed by atoms with Crippen molar-refractivity contribution in [1.82, 2.24) is 0 Å². The van der Waals surface area contributed by atoms with Crippen molar-refractivity contribution in [2.75, 3.05) is 11.4 Å². The smallest absolute Gasteiger partial charge is 0.239 e.